The van der Waals surface area contributed by atoms with Crippen molar-refractivity contribution in [1.29, 1.82) is 0 Å². The molecule has 164 valence electrons. The first-order chi connectivity index (χ1) is 15.1. The van der Waals surface area contributed by atoms with E-state index in [0.29, 0.717) is 43.1 Å². The first-order valence-corrected chi connectivity index (χ1v) is 11.9. The molecule has 0 saturated carbocycles. The highest BCUT2D eigenvalue weighted by molar-refractivity contribution is 7.98. The zero-order valence-electron chi connectivity index (χ0n) is 18.2. The highest BCUT2D eigenvalue weighted by Gasteiger charge is 2.38. The third-order valence-corrected chi connectivity index (χ3v) is 6.78. The van der Waals surface area contributed by atoms with Crippen molar-refractivity contribution in [3.05, 3.63) is 58.7 Å². The maximum Gasteiger partial charge on any atom is 0.255 e. The van der Waals surface area contributed by atoms with Gasteiger partial charge < -0.3 is 19.3 Å². The molecule has 0 saturated heterocycles. The Kier molecular flexibility index (Phi) is 6.41. The van der Waals surface area contributed by atoms with E-state index in [9.17, 15) is 9.59 Å². The molecule has 2 heterocycles. The van der Waals surface area contributed by atoms with Crippen LogP contribution in [-0.2, 0) is 24.3 Å². The number of fused-ring (bicyclic) bond motifs is 2. The molecule has 4 rings (SSSR count). The number of nitrogens with zero attached hydrogens (tertiary/aromatic N) is 2. The van der Waals surface area contributed by atoms with Crippen LogP contribution in [0.1, 0.15) is 33.5 Å². The van der Waals surface area contributed by atoms with Crippen LogP contribution in [0, 0.1) is 0 Å². The van der Waals surface area contributed by atoms with Gasteiger partial charge in [-0.15, -0.1) is 0 Å². The SMILES string of the molecule is COc1cc2c(cc1OC)CN(C(=O)[C@H](CCSC)N1Cc3ccccc3C1=O)CC2. The summed E-state index contributed by atoms with van der Waals surface area (Å²) in [7, 11) is 3.25. The standard InChI is InChI=1S/C24H28N2O4S/c1-29-21-12-16-8-10-25(14-18(16)13-22(21)30-2)24(28)20(9-11-31-3)26-15-17-6-4-5-7-19(17)23(26)27/h4-7,12-13,20H,8-11,14-15H2,1-3H3/t20-/m0/s1. The van der Waals surface area contributed by atoms with E-state index in [-0.39, 0.29) is 11.8 Å². The van der Waals surface area contributed by atoms with Crippen molar-refractivity contribution in [1.82, 2.24) is 9.80 Å². The molecule has 7 heteroatoms. The fourth-order valence-corrected chi connectivity index (χ4v) is 4.91. The van der Waals surface area contributed by atoms with Gasteiger partial charge in [0.05, 0.1) is 14.2 Å². The van der Waals surface area contributed by atoms with E-state index in [2.05, 4.69) is 0 Å². The molecule has 0 fully saturated rings. The van der Waals surface area contributed by atoms with E-state index in [1.54, 1.807) is 30.9 Å². The minimum atomic E-state index is -0.450. The smallest absolute Gasteiger partial charge is 0.255 e. The lowest BCUT2D eigenvalue weighted by molar-refractivity contribution is -0.137. The largest absolute Gasteiger partial charge is 0.493 e. The van der Waals surface area contributed by atoms with Gasteiger partial charge in [0.15, 0.2) is 11.5 Å². The van der Waals surface area contributed by atoms with E-state index in [1.165, 1.54) is 5.56 Å². The number of ether oxygens (including phenoxy) is 2. The summed E-state index contributed by atoms with van der Waals surface area (Å²) in [6.45, 7) is 1.64. The van der Waals surface area contributed by atoms with Crippen LogP contribution in [0.5, 0.6) is 11.5 Å². The summed E-state index contributed by atoms with van der Waals surface area (Å²) in [5, 5.41) is 0. The predicted molar refractivity (Wildman–Crippen MR) is 122 cm³/mol. The maximum atomic E-state index is 13.6. The average molecular weight is 441 g/mol. The first kappa shape index (κ1) is 21.6. The van der Waals surface area contributed by atoms with Crippen LogP contribution < -0.4 is 9.47 Å². The summed E-state index contributed by atoms with van der Waals surface area (Å²) in [5.74, 6) is 2.18. The minimum Gasteiger partial charge on any atom is -0.493 e. The Morgan fingerprint density at radius 3 is 2.45 bits per heavy atom. The summed E-state index contributed by atoms with van der Waals surface area (Å²) < 4.78 is 10.9. The van der Waals surface area contributed by atoms with Gasteiger partial charge in [-0.25, -0.2) is 0 Å². The van der Waals surface area contributed by atoms with E-state index in [1.807, 2.05) is 47.6 Å². The van der Waals surface area contributed by atoms with Crippen molar-refractivity contribution >= 4 is 23.6 Å². The Morgan fingerprint density at radius 2 is 1.77 bits per heavy atom. The second kappa shape index (κ2) is 9.22. The Bertz CT molecular complexity index is 994. The molecular weight excluding hydrogens is 412 g/mol. The normalized spacial score (nSPS) is 16.0. The summed E-state index contributed by atoms with van der Waals surface area (Å²) in [4.78, 5) is 30.3. The van der Waals surface area contributed by atoms with Crippen molar-refractivity contribution in [2.24, 2.45) is 0 Å². The number of carbonyl (C=O) groups is 2. The highest BCUT2D eigenvalue weighted by atomic mass is 32.2. The van der Waals surface area contributed by atoms with Gasteiger partial charge in [0.2, 0.25) is 5.91 Å². The third kappa shape index (κ3) is 4.11. The third-order valence-electron chi connectivity index (χ3n) is 6.14. The van der Waals surface area contributed by atoms with Gasteiger partial charge in [-0.1, -0.05) is 18.2 Å². The molecular formula is C24H28N2O4S. The van der Waals surface area contributed by atoms with Crippen LogP contribution >= 0.6 is 11.8 Å². The van der Waals surface area contributed by atoms with Crippen LogP contribution in [0.4, 0.5) is 0 Å². The number of thioether (sulfide) groups is 1. The Morgan fingerprint density at radius 1 is 1.06 bits per heavy atom. The van der Waals surface area contributed by atoms with E-state index < -0.39 is 6.04 Å². The highest BCUT2D eigenvalue weighted by Crippen LogP contribution is 2.34. The van der Waals surface area contributed by atoms with Gasteiger partial charge in [-0.05, 0) is 59.7 Å². The maximum absolute atomic E-state index is 13.6. The molecule has 31 heavy (non-hydrogen) atoms. The summed E-state index contributed by atoms with van der Waals surface area (Å²) in [5.41, 5.74) is 3.95. The fraction of sp³-hybridized carbons (Fsp3) is 0.417. The number of rotatable bonds is 7. The van der Waals surface area contributed by atoms with Crippen molar-refractivity contribution in [2.45, 2.75) is 32.0 Å². The summed E-state index contributed by atoms with van der Waals surface area (Å²) >= 11 is 1.70. The molecule has 0 N–H and O–H groups in total. The zero-order valence-corrected chi connectivity index (χ0v) is 19.0. The molecule has 2 aromatic carbocycles. The van der Waals surface area contributed by atoms with E-state index in [0.717, 1.165) is 23.3 Å². The molecule has 0 bridgehead atoms. The molecule has 0 aliphatic carbocycles. The molecule has 2 aliphatic heterocycles. The van der Waals surface area contributed by atoms with Gasteiger partial charge in [0.25, 0.3) is 5.91 Å². The molecule has 0 spiro atoms. The summed E-state index contributed by atoms with van der Waals surface area (Å²) in [6.07, 6.45) is 3.43. The van der Waals surface area contributed by atoms with E-state index >= 15 is 0 Å². The molecule has 0 unspecified atom stereocenters. The van der Waals surface area contributed by atoms with Crippen molar-refractivity contribution in [3.63, 3.8) is 0 Å². The number of amides is 2. The quantitative estimate of drug-likeness (QED) is 0.661. The lowest BCUT2D eigenvalue weighted by Crippen LogP contribution is -2.50. The van der Waals surface area contributed by atoms with Crippen LogP contribution in [-0.4, -0.2) is 60.4 Å². The van der Waals surface area contributed by atoms with E-state index in [4.69, 9.17) is 9.47 Å². The van der Waals surface area contributed by atoms with Gasteiger partial charge in [-0.2, -0.15) is 11.8 Å². The number of benzene rings is 2. The Hall–Kier alpha value is -2.67. The lowest BCUT2D eigenvalue weighted by Gasteiger charge is -2.35. The molecule has 2 aromatic rings. The number of carbonyl (C=O) groups excluding carboxylic acids is 2. The Balaban J connectivity index is 1.57. The predicted octanol–water partition coefficient (Wildman–Crippen LogP) is 3.37. The van der Waals surface area contributed by atoms with Crippen molar-refractivity contribution < 1.29 is 19.1 Å². The number of hydrogen-bond acceptors (Lipinski definition) is 5. The van der Waals surface area contributed by atoms with Gasteiger partial charge in [0, 0.05) is 25.2 Å². The van der Waals surface area contributed by atoms with Crippen LogP contribution in [0.3, 0.4) is 0 Å². The van der Waals surface area contributed by atoms with Crippen LogP contribution in [0.15, 0.2) is 36.4 Å². The zero-order chi connectivity index (χ0) is 22.0. The Labute approximate surface area is 187 Å². The second-order valence-electron chi connectivity index (χ2n) is 7.87. The molecule has 2 amide bonds. The summed E-state index contributed by atoms with van der Waals surface area (Å²) in [6, 6.07) is 11.2. The topological polar surface area (TPSA) is 59.1 Å². The molecule has 2 aliphatic rings. The van der Waals surface area contributed by atoms with Crippen molar-refractivity contribution in [2.75, 3.05) is 32.8 Å². The van der Waals surface area contributed by atoms with Gasteiger partial charge in [-0.3, -0.25) is 9.59 Å². The van der Waals surface area contributed by atoms with Gasteiger partial charge in [0.1, 0.15) is 6.04 Å². The van der Waals surface area contributed by atoms with Crippen LogP contribution in [0.25, 0.3) is 0 Å². The lowest BCUT2D eigenvalue weighted by atomic mass is 9.97. The number of methoxy groups -OCH3 is 2. The molecule has 1 atom stereocenters. The number of hydrogen-bond donors (Lipinski definition) is 0. The monoisotopic (exact) mass is 440 g/mol. The van der Waals surface area contributed by atoms with Gasteiger partial charge >= 0.3 is 0 Å². The average Bonchev–Trinajstić information content (AvgIpc) is 3.14. The van der Waals surface area contributed by atoms with Crippen molar-refractivity contribution in [3.8, 4) is 11.5 Å². The first-order valence-electron chi connectivity index (χ1n) is 10.5. The van der Waals surface area contributed by atoms with Crippen LogP contribution in [0.2, 0.25) is 0 Å². The fourth-order valence-electron chi connectivity index (χ4n) is 4.45. The second-order valence-corrected chi connectivity index (χ2v) is 8.86. The molecule has 0 radical (unpaired) electrons. The minimum absolute atomic E-state index is 0.0237. The molecule has 0 aromatic heterocycles. The molecule has 6 nitrogen and oxygen atoms in total.